The van der Waals surface area contributed by atoms with Crippen LogP contribution in [0.3, 0.4) is 0 Å². The summed E-state index contributed by atoms with van der Waals surface area (Å²) in [5.74, 6) is 0.814. The average molecular weight is 277 g/mol. The van der Waals surface area contributed by atoms with Gasteiger partial charge in [-0.3, -0.25) is 0 Å². The molecule has 0 aromatic carbocycles. The fourth-order valence-electron chi connectivity index (χ4n) is 2.27. The van der Waals surface area contributed by atoms with E-state index in [4.69, 9.17) is 0 Å². The maximum absolute atomic E-state index is 11.9. The minimum atomic E-state index is -3.28. The van der Waals surface area contributed by atoms with Crippen molar-refractivity contribution in [3.63, 3.8) is 0 Å². The van der Waals surface area contributed by atoms with Crippen molar-refractivity contribution in [3.8, 4) is 0 Å². The molecule has 1 saturated heterocycles. The molecular weight excluding hydrogens is 250 g/mol. The molecule has 0 aliphatic carbocycles. The average Bonchev–Trinajstić information content (AvgIpc) is 2.32. The van der Waals surface area contributed by atoms with Crippen LogP contribution in [0.5, 0.6) is 0 Å². The molecule has 0 unspecified atom stereocenters. The van der Waals surface area contributed by atoms with Crippen LogP contribution in [-0.2, 0) is 10.2 Å². The summed E-state index contributed by atoms with van der Waals surface area (Å²) in [5, 5.41) is 0. The Morgan fingerprint density at radius 3 is 2.28 bits per heavy atom. The third-order valence-corrected chi connectivity index (χ3v) is 5.40. The van der Waals surface area contributed by atoms with Crippen molar-refractivity contribution in [1.82, 2.24) is 13.9 Å². The summed E-state index contributed by atoms with van der Waals surface area (Å²) in [6, 6.07) is 0. The molecule has 1 heterocycles. The van der Waals surface area contributed by atoms with Crippen LogP contribution < -0.4 is 4.72 Å². The van der Waals surface area contributed by atoms with E-state index in [9.17, 15) is 8.42 Å². The Morgan fingerprint density at radius 1 is 1.22 bits per heavy atom. The van der Waals surface area contributed by atoms with Crippen LogP contribution in [0.1, 0.15) is 33.6 Å². The van der Waals surface area contributed by atoms with Gasteiger partial charge in [0.1, 0.15) is 0 Å². The van der Waals surface area contributed by atoms with Gasteiger partial charge in [-0.2, -0.15) is 12.7 Å². The number of hydrogen-bond acceptors (Lipinski definition) is 3. The summed E-state index contributed by atoms with van der Waals surface area (Å²) in [5.41, 5.74) is 0. The summed E-state index contributed by atoms with van der Waals surface area (Å²) < 4.78 is 27.9. The van der Waals surface area contributed by atoms with Crippen LogP contribution in [-0.4, -0.2) is 56.9 Å². The summed E-state index contributed by atoms with van der Waals surface area (Å²) in [6.07, 6.45) is 2.45. The van der Waals surface area contributed by atoms with Gasteiger partial charge in [-0.25, -0.2) is 4.72 Å². The number of piperidine rings is 1. The van der Waals surface area contributed by atoms with E-state index >= 15 is 0 Å². The Balaban J connectivity index is 2.28. The smallest absolute Gasteiger partial charge is 0.279 e. The van der Waals surface area contributed by atoms with Gasteiger partial charge in [0.2, 0.25) is 0 Å². The lowest BCUT2D eigenvalue weighted by Gasteiger charge is -2.30. The van der Waals surface area contributed by atoms with Crippen LogP contribution in [0.25, 0.3) is 0 Å². The Kier molecular flexibility index (Phi) is 6.55. The highest BCUT2D eigenvalue weighted by molar-refractivity contribution is 7.87. The maximum atomic E-state index is 11.9. The molecule has 1 fully saturated rings. The van der Waals surface area contributed by atoms with Crippen molar-refractivity contribution in [2.45, 2.75) is 33.6 Å². The fraction of sp³-hybridized carbons (Fsp3) is 1.00. The van der Waals surface area contributed by atoms with E-state index in [1.54, 1.807) is 0 Å². The van der Waals surface area contributed by atoms with Crippen molar-refractivity contribution in [2.75, 3.05) is 39.3 Å². The molecule has 6 heteroatoms. The molecular formula is C12H27N3O2S. The molecule has 1 aliphatic rings. The van der Waals surface area contributed by atoms with Crippen molar-refractivity contribution in [3.05, 3.63) is 0 Å². The second kappa shape index (κ2) is 7.43. The van der Waals surface area contributed by atoms with Gasteiger partial charge >= 0.3 is 0 Å². The van der Waals surface area contributed by atoms with Crippen molar-refractivity contribution in [1.29, 1.82) is 0 Å². The molecule has 0 bridgehead atoms. The molecule has 0 saturated carbocycles. The fourth-order valence-corrected chi connectivity index (χ4v) is 3.48. The van der Waals surface area contributed by atoms with E-state index in [0.717, 1.165) is 25.6 Å². The van der Waals surface area contributed by atoms with Crippen LogP contribution in [0.15, 0.2) is 0 Å². The zero-order valence-electron chi connectivity index (χ0n) is 11.9. The summed E-state index contributed by atoms with van der Waals surface area (Å²) in [7, 11) is -3.28. The van der Waals surface area contributed by atoms with Gasteiger partial charge in [0, 0.05) is 26.2 Å². The van der Waals surface area contributed by atoms with Gasteiger partial charge in [0.15, 0.2) is 0 Å². The minimum Gasteiger partial charge on any atom is -0.302 e. The first kappa shape index (κ1) is 15.9. The van der Waals surface area contributed by atoms with Crippen molar-refractivity contribution >= 4 is 10.2 Å². The highest BCUT2D eigenvalue weighted by Gasteiger charge is 2.19. The molecule has 108 valence electrons. The standard InChI is InChI=1S/C12H27N3O2S/c1-4-15(5-2)18(16,17)13-8-11-14-9-6-12(3)7-10-14/h12-13H,4-11H2,1-3H3. The molecule has 0 aromatic rings. The van der Waals surface area contributed by atoms with Crippen molar-refractivity contribution < 1.29 is 8.42 Å². The highest BCUT2D eigenvalue weighted by Crippen LogP contribution is 2.15. The largest absolute Gasteiger partial charge is 0.302 e. The second-order valence-electron chi connectivity index (χ2n) is 5.01. The first-order valence-corrected chi connectivity index (χ1v) is 8.40. The van der Waals surface area contributed by atoms with E-state index in [-0.39, 0.29) is 0 Å². The quantitative estimate of drug-likeness (QED) is 0.752. The van der Waals surface area contributed by atoms with E-state index < -0.39 is 10.2 Å². The molecule has 0 amide bonds. The Labute approximate surface area is 112 Å². The normalized spacial score (nSPS) is 19.6. The molecule has 1 N–H and O–H groups in total. The molecule has 1 rings (SSSR count). The molecule has 0 aromatic heterocycles. The first-order chi connectivity index (χ1) is 8.49. The van der Waals surface area contributed by atoms with E-state index in [2.05, 4.69) is 16.5 Å². The molecule has 5 nitrogen and oxygen atoms in total. The van der Waals surface area contributed by atoms with Crippen LogP contribution in [0, 0.1) is 5.92 Å². The minimum absolute atomic E-state index is 0.507. The first-order valence-electron chi connectivity index (χ1n) is 6.96. The number of rotatable bonds is 7. The van der Waals surface area contributed by atoms with Gasteiger partial charge in [0.25, 0.3) is 10.2 Å². The third kappa shape index (κ3) is 4.84. The number of nitrogens with one attached hydrogen (secondary N) is 1. The second-order valence-corrected chi connectivity index (χ2v) is 6.76. The molecule has 0 spiro atoms. The predicted octanol–water partition coefficient (Wildman–Crippen LogP) is 0.895. The number of likely N-dealkylation sites (tertiary alicyclic amines) is 1. The van der Waals surface area contributed by atoms with Crippen molar-refractivity contribution in [2.24, 2.45) is 5.92 Å². The van der Waals surface area contributed by atoms with E-state index in [1.807, 2.05) is 13.8 Å². The van der Waals surface area contributed by atoms with E-state index in [0.29, 0.717) is 19.6 Å². The zero-order valence-corrected chi connectivity index (χ0v) is 12.7. The third-order valence-electron chi connectivity index (χ3n) is 3.63. The molecule has 0 atom stereocenters. The van der Waals surface area contributed by atoms with Gasteiger partial charge in [0.05, 0.1) is 0 Å². The molecule has 0 radical (unpaired) electrons. The lowest BCUT2D eigenvalue weighted by Crippen LogP contribution is -2.44. The molecule has 18 heavy (non-hydrogen) atoms. The Bertz CT molecular complexity index is 320. The highest BCUT2D eigenvalue weighted by atomic mass is 32.2. The summed E-state index contributed by atoms with van der Waals surface area (Å²) in [4.78, 5) is 2.34. The van der Waals surface area contributed by atoms with Gasteiger partial charge in [-0.1, -0.05) is 20.8 Å². The summed E-state index contributed by atoms with van der Waals surface area (Å²) in [6.45, 7) is 10.5. The van der Waals surface area contributed by atoms with Crippen LogP contribution >= 0.6 is 0 Å². The van der Waals surface area contributed by atoms with Gasteiger partial charge in [-0.05, 0) is 31.8 Å². The van der Waals surface area contributed by atoms with E-state index in [1.165, 1.54) is 17.1 Å². The monoisotopic (exact) mass is 277 g/mol. The Hall–Kier alpha value is -0.170. The van der Waals surface area contributed by atoms with Crippen LogP contribution in [0.2, 0.25) is 0 Å². The number of hydrogen-bond donors (Lipinski definition) is 1. The number of nitrogens with zero attached hydrogens (tertiary/aromatic N) is 2. The molecule has 1 aliphatic heterocycles. The summed E-state index contributed by atoms with van der Waals surface area (Å²) >= 11 is 0. The SMILES string of the molecule is CCN(CC)S(=O)(=O)NCCN1CCC(C)CC1. The van der Waals surface area contributed by atoms with Gasteiger partial charge < -0.3 is 4.90 Å². The zero-order chi connectivity index (χ0) is 13.6. The Morgan fingerprint density at radius 2 is 1.78 bits per heavy atom. The lowest BCUT2D eigenvalue weighted by atomic mass is 9.99. The van der Waals surface area contributed by atoms with Crippen LogP contribution in [0.4, 0.5) is 0 Å². The predicted molar refractivity (Wildman–Crippen MR) is 74.7 cm³/mol. The maximum Gasteiger partial charge on any atom is 0.279 e. The topological polar surface area (TPSA) is 52.7 Å². The lowest BCUT2D eigenvalue weighted by molar-refractivity contribution is 0.195. The van der Waals surface area contributed by atoms with Gasteiger partial charge in [-0.15, -0.1) is 0 Å².